The molecular weight excluding hydrogens is 747 g/mol. The van der Waals surface area contributed by atoms with E-state index < -0.39 is 0 Å². The first-order valence-corrected chi connectivity index (χ1v) is 21.6. The minimum absolute atomic E-state index is 0.122. The van der Waals surface area contributed by atoms with Gasteiger partial charge in [-0.05, 0) is 114 Å². The minimum atomic E-state index is -0.122. The van der Waals surface area contributed by atoms with Crippen molar-refractivity contribution < 1.29 is 0 Å². The van der Waals surface area contributed by atoms with Gasteiger partial charge in [-0.3, -0.25) is 0 Å². The van der Waals surface area contributed by atoms with Gasteiger partial charge >= 0.3 is 0 Å². The van der Waals surface area contributed by atoms with Crippen molar-refractivity contribution in [3.05, 3.63) is 248 Å². The van der Waals surface area contributed by atoms with Crippen molar-refractivity contribution in [3.8, 4) is 66.8 Å². The summed E-state index contributed by atoms with van der Waals surface area (Å²) in [6.45, 7) is 4.73. The summed E-state index contributed by atoms with van der Waals surface area (Å²) in [5.74, 6) is 0. The van der Waals surface area contributed by atoms with Crippen LogP contribution >= 0.6 is 0 Å². The van der Waals surface area contributed by atoms with Gasteiger partial charge in [0.1, 0.15) is 0 Å². The molecule has 0 bridgehead atoms. The molecule has 0 amide bonds. The lowest BCUT2D eigenvalue weighted by Gasteiger charge is -2.32. The Morgan fingerprint density at radius 1 is 0.290 bits per heavy atom. The van der Waals surface area contributed by atoms with Gasteiger partial charge in [0.2, 0.25) is 0 Å². The number of benzene rings is 10. The molecule has 1 heteroatoms. The average molecular weight is 792 g/mol. The molecule has 0 N–H and O–H groups in total. The van der Waals surface area contributed by atoms with Crippen molar-refractivity contribution >= 4 is 27.8 Å². The summed E-state index contributed by atoms with van der Waals surface area (Å²) in [7, 11) is 0. The molecule has 294 valence electrons. The third-order valence-corrected chi connectivity index (χ3v) is 12.9. The smallest absolute Gasteiger partial charge is 0.0546 e. The van der Waals surface area contributed by atoms with E-state index in [9.17, 15) is 0 Å². The van der Waals surface area contributed by atoms with Crippen LogP contribution in [-0.2, 0) is 5.41 Å². The Morgan fingerprint density at radius 2 is 0.823 bits per heavy atom. The third kappa shape index (κ3) is 6.42. The fourth-order valence-corrected chi connectivity index (χ4v) is 9.82. The van der Waals surface area contributed by atoms with E-state index in [0.717, 1.165) is 17.1 Å². The molecule has 1 aliphatic carbocycles. The summed E-state index contributed by atoms with van der Waals surface area (Å²) in [5.41, 5.74) is 20.4. The van der Waals surface area contributed by atoms with Gasteiger partial charge in [0.15, 0.2) is 0 Å². The van der Waals surface area contributed by atoms with Gasteiger partial charge in [-0.2, -0.15) is 0 Å². The zero-order valence-corrected chi connectivity index (χ0v) is 35.0. The second-order valence-corrected chi connectivity index (χ2v) is 16.9. The molecule has 1 nitrogen and oxygen atoms in total. The van der Waals surface area contributed by atoms with E-state index in [-0.39, 0.29) is 5.41 Å². The van der Waals surface area contributed by atoms with Crippen molar-refractivity contribution in [1.82, 2.24) is 0 Å². The van der Waals surface area contributed by atoms with E-state index in [1.165, 1.54) is 88.7 Å². The molecule has 11 rings (SSSR count). The van der Waals surface area contributed by atoms with Crippen LogP contribution in [0.4, 0.5) is 17.1 Å². The van der Waals surface area contributed by atoms with E-state index in [0.29, 0.717) is 0 Å². The molecule has 10 aromatic carbocycles. The monoisotopic (exact) mass is 791 g/mol. The highest BCUT2D eigenvalue weighted by atomic mass is 15.1. The van der Waals surface area contributed by atoms with Crippen LogP contribution in [0.3, 0.4) is 0 Å². The van der Waals surface area contributed by atoms with Crippen molar-refractivity contribution in [2.75, 3.05) is 4.90 Å². The van der Waals surface area contributed by atoms with Crippen LogP contribution in [0.1, 0.15) is 25.0 Å². The number of hydrogen-bond donors (Lipinski definition) is 0. The first-order valence-electron chi connectivity index (χ1n) is 21.6. The summed E-state index contributed by atoms with van der Waals surface area (Å²) in [6.07, 6.45) is 0. The predicted octanol–water partition coefficient (Wildman–Crippen LogP) is 17.0. The van der Waals surface area contributed by atoms with E-state index in [1.807, 2.05) is 0 Å². The predicted molar refractivity (Wildman–Crippen MR) is 263 cm³/mol. The molecule has 62 heavy (non-hydrogen) atoms. The summed E-state index contributed by atoms with van der Waals surface area (Å²) >= 11 is 0. The molecule has 0 atom stereocenters. The fraction of sp³-hybridized carbons (Fsp3) is 0.0492. The highest BCUT2D eigenvalue weighted by molar-refractivity contribution is 6.03. The Kier molecular flexibility index (Phi) is 9.24. The Bertz CT molecular complexity index is 3270. The van der Waals surface area contributed by atoms with Crippen LogP contribution in [0.2, 0.25) is 0 Å². The zero-order valence-electron chi connectivity index (χ0n) is 35.0. The lowest BCUT2D eigenvalue weighted by atomic mass is 9.81. The van der Waals surface area contributed by atoms with Gasteiger partial charge in [-0.25, -0.2) is 0 Å². The van der Waals surface area contributed by atoms with Crippen LogP contribution in [-0.4, -0.2) is 0 Å². The number of rotatable bonds is 8. The Morgan fingerprint density at radius 3 is 1.61 bits per heavy atom. The molecule has 0 aliphatic heterocycles. The van der Waals surface area contributed by atoms with Gasteiger partial charge in [-0.1, -0.05) is 214 Å². The maximum absolute atomic E-state index is 2.51. The summed E-state index contributed by atoms with van der Waals surface area (Å²) in [5, 5.41) is 2.47. The summed E-state index contributed by atoms with van der Waals surface area (Å²) in [4.78, 5) is 2.51. The number of nitrogens with zero attached hydrogens (tertiary/aromatic N) is 1. The maximum Gasteiger partial charge on any atom is 0.0546 e. The summed E-state index contributed by atoms with van der Waals surface area (Å²) < 4.78 is 0. The quantitative estimate of drug-likeness (QED) is 0.148. The number of para-hydroxylation sites is 1. The number of anilines is 3. The Balaban J connectivity index is 1.18. The topological polar surface area (TPSA) is 3.24 Å². The van der Waals surface area contributed by atoms with Crippen LogP contribution in [0.5, 0.6) is 0 Å². The third-order valence-electron chi connectivity index (χ3n) is 12.9. The van der Waals surface area contributed by atoms with Crippen molar-refractivity contribution in [3.63, 3.8) is 0 Å². The van der Waals surface area contributed by atoms with E-state index in [1.54, 1.807) is 0 Å². The van der Waals surface area contributed by atoms with Crippen molar-refractivity contribution in [2.24, 2.45) is 0 Å². The first-order chi connectivity index (χ1) is 30.5. The highest BCUT2D eigenvalue weighted by Gasteiger charge is 2.35. The summed E-state index contributed by atoms with van der Waals surface area (Å²) in [6, 6.07) is 86.8. The van der Waals surface area contributed by atoms with Gasteiger partial charge < -0.3 is 4.90 Å². The highest BCUT2D eigenvalue weighted by Crippen LogP contribution is 2.53. The lowest BCUT2D eigenvalue weighted by molar-refractivity contribution is 0.660. The molecular formula is C61H45N. The minimum Gasteiger partial charge on any atom is -0.309 e. The molecule has 0 saturated heterocycles. The lowest BCUT2D eigenvalue weighted by Crippen LogP contribution is -2.15. The van der Waals surface area contributed by atoms with Crippen molar-refractivity contribution in [2.45, 2.75) is 19.3 Å². The normalized spacial score (nSPS) is 12.5. The van der Waals surface area contributed by atoms with Gasteiger partial charge in [0.25, 0.3) is 0 Å². The van der Waals surface area contributed by atoms with Gasteiger partial charge in [-0.15, -0.1) is 0 Å². The second-order valence-electron chi connectivity index (χ2n) is 16.9. The molecule has 0 fully saturated rings. The Hall–Kier alpha value is -7.74. The van der Waals surface area contributed by atoms with Crippen molar-refractivity contribution in [1.29, 1.82) is 0 Å². The zero-order chi connectivity index (χ0) is 41.6. The molecule has 10 aromatic rings. The number of fused-ring (bicyclic) bond motifs is 4. The standard InChI is InChI=1S/C61H45N/c1-61(2)56-32-15-13-29-53(56)54-38-37-48(41-57(54)61)51-28-14-16-33-58(51)62(49-26-17-25-46(40-49)47-36-35-42-19-9-10-24-45(42)39-47)59-34-18-31-52(44-22-7-4-8-23-44)60(59)55-30-12-11-27-50(55)43-20-5-3-6-21-43/h3-41H,1-2H3. The molecule has 0 heterocycles. The molecule has 0 spiro atoms. The average Bonchev–Trinajstić information content (AvgIpc) is 3.57. The van der Waals surface area contributed by atoms with Crippen LogP contribution in [0.25, 0.3) is 77.5 Å². The van der Waals surface area contributed by atoms with Gasteiger partial charge in [0.05, 0.1) is 11.4 Å². The molecule has 0 aromatic heterocycles. The van der Waals surface area contributed by atoms with Crippen LogP contribution in [0.15, 0.2) is 237 Å². The molecule has 0 radical (unpaired) electrons. The first kappa shape index (κ1) is 37.3. The van der Waals surface area contributed by atoms with Crippen LogP contribution in [0, 0.1) is 0 Å². The largest absolute Gasteiger partial charge is 0.309 e. The molecule has 1 aliphatic rings. The van der Waals surface area contributed by atoms with E-state index >= 15 is 0 Å². The maximum atomic E-state index is 2.51. The molecule has 0 saturated carbocycles. The van der Waals surface area contributed by atoms with Crippen LogP contribution < -0.4 is 4.90 Å². The number of hydrogen-bond acceptors (Lipinski definition) is 1. The molecule has 0 unspecified atom stereocenters. The fourth-order valence-electron chi connectivity index (χ4n) is 9.82. The van der Waals surface area contributed by atoms with Gasteiger partial charge in [0, 0.05) is 22.2 Å². The SMILES string of the molecule is CC1(C)c2ccccc2-c2ccc(-c3ccccc3N(c3cccc(-c4ccc5ccccc5c4)c3)c3cccc(-c4ccccc4)c3-c3ccccc3-c3ccccc3)cc21. The Labute approximate surface area is 364 Å². The second kappa shape index (κ2) is 15.4. The van der Waals surface area contributed by atoms with E-state index in [2.05, 4.69) is 255 Å². The van der Waals surface area contributed by atoms with E-state index in [4.69, 9.17) is 0 Å².